The Bertz CT molecular complexity index is 218. The second-order valence-electron chi connectivity index (χ2n) is 2.30. The predicted molar refractivity (Wildman–Crippen MR) is 38.6 cm³/mol. The summed E-state index contributed by atoms with van der Waals surface area (Å²) in [5, 5.41) is 3.63. The maximum atomic E-state index is 12.2. The molecule has 0 aromatic rings. The van der Waals surface area contributed by atoms with Crippen molar-refractivity contribution in [2.75, 3.05) is 0 Å². The van der Waals surface area contributed by atoms with Crippen molar-refractivity contribution in [3.63, 3.8) is 0 Å². The van der Waals surface area contributed by atoms with Crippen LogP contribution in [0.2, 0.25) is 0 Å². The maximum Gasteiger partial charge on any atom is 0.267 e. The number of alkyl halides is 2. The third-order valence-electron chi connectivity index (χ3n) is 1.57. The number of halogens is 2. The fourth-order valence-corrected chi connectivity index (χ4v) is 0.997. The van der Waals surface area contributed by atoms with Crippen molar-refractivity contribution in [2.45, 2.75) is 26.7 Å². The molecule has 4 heteroatoms. The minimum absolute atomic E-state index is 0.00694. The number of nitrogens with zero attached hydrogens (tertiary/aromatic N) is 2. The normalized spacial score (nSPS) is 17.4. The van der Waals surface area contributed by atoms with Gasteiger partial charge in [0.15, 0.2) is 0 Å². The van der Waals surface area contributed by atoms with E-state index in [-0.39, 0.29) is 5.57 Å². The zero-order valence-corrected chi connectivity index (χ0v) is 6.43. The molecule has 0 aromatic carbocycles. The molecule has 0 atom stereocenters. The highest BCUT2D eigenvalue weighted by Crippen LogP contribution is 2.20. The molecule has 0 spiro atoms. The van der Waals surface area contributed by atoms with Crippen molar-refractivity contribution in [3.8, 4) is 0 Å². The lowest BCUT2D eigenvalue weighted by molar-refractivity contribution is 0.195. The van der Waals surface area contributed by atoms with Gasteiger partial charge in [-0.3, -0.25) is 0 Å². The average molecular weight is 159 g/mol. The molecular formula is C7H9F2N2. The van der Waals surface area contributed by atoms with Gasteiger partial charge in [0.25, 0.3) is 6.43 Å². The van der Waals surface area contributed by atoms with Gasteiger partial charge in [-0.25, -0.2) is 8.78 Å². The van der Waals surface area contributed by atoms with Crippen LogP contribution < -0.4 is 5.43 Å². The molecule has 1 aliphatic rings. The van der Waals surface area contributed by atoms with E-state index < -0.39 is 6.43 Å². The lowest BCUT2D eigenvalue weighted by Crippen LogP contribution is -2.07. The summed E-state index contributed by atoms with van der Waals surface area (Å²) in [6.45, 7) is 3.34. The molecule has 0 aliphatic carbocycles. The molecule has 0 saturated heterocycles. The van der Waals surface area contributed by atoms with Gasteiger partial charge in [-0.1, -0.05) is 6.92 Å². The zero-order valence-electron chi connectivity index (χ0n) is 6.43. The molecule has 11 heavy (non-hydrogen) atoms. The first-order valence-corrected chi connectivity index (χ1v) is 3.43. The highest BCUT2D eigenvalue weighted by atomic mass is 19.3. The van der Waals surface area contributed by atoms with Crippen molar-refractivity contribution in [1.29, 1.82) is 0 Å². The van der Waals surface area contributed by atoms with Gasteiger partial charge in [0.1, 0.15) is 0 Å². The first kappa shape index (κ1) is 8.17. The minimum atomic E-state index is -2.44. The molecule has 1 rings (SSSR count). The third kappa shape index (κ3) is 1.39. The maximum absolute atomic E-state index is 12.2. The zero-order chi connectivity index (χ0) is 8.43. The monoisotopic (exact) mass is 159 g/mol. The summed E-state index contributed by atoms with van der Waals surface area (Å²) in [7, 11) is 0. The van der Waals surface area contributed by atoms with E-state index in [1.807, 2.05) is 0 Å². The van der Waals surface area contributed by atoms with Crippen molar-refractivity contribution in [1.82, 2.24) is 5.43 Å². The lowest BCUT2D eigenvalue weighted by atomic mass is 10.1. The standard InChI is InChI=1S/C7H9F2N2/c1-3-5-6(7(8)9)4(2)10-11-5/h7H,3H2,1-2H3. The van der Waals surface area contributed by atoms with Gasteiger partial charge >= 0.3 is 0 Å². The van der Waals surface area contributed by atoms with Crippen molar-refractivity contribution < 1.29 is 8.78 Å². The van der Waals surface area contributed by atoms with Crippen LogP contribution in [-0.4, -0.2) is 12.1 Å². The van der Waals surface area contributed by atoms with Crippen LogP contribution in [0.4, 0.5) is 8.78 Å². The molecule has 61 valence electrons. The van der Waals surface area contributed by atoms with E-state index in [4.69, 9.17) is 0 Å². The summed E-state index contributed by atoms with van der Waals surface area (Å²) < 4.78 is 24.5. The minimum Gasteiger partial charge on any atom is -0.205 e. The molecule has 0 fully saturated rings. The smallest absolute Gasteiger partial charge is 0.205 e. The topological polar surface area (TPSA) is 26.5 Å². The summed E-state index contributed by atoms with van der Waals surface area (Å²) in [5.41, 5.74) is 4.34. The summed E-state index contributed by atoms with van der Waals surface area (Å²) >= 11 is 0. The third-order valence-corrected chi connectivity index (χ3v) is 1.57. The van der Waals surface area contributed by atoms with Gasteiger partial charge in [-0.2, -0.15) is 10.5 Å². The highest BCUT2D eigenvalue weighted by Gasteiger charge is 2.24. The molecule has 0 bridgehead atoms. The summed E-state index contributed by atoms with van der Waals surface area (Å²) in [4.78, 5) is 0. The molecule has 1 radical (unpaired) electrons. The molecule has 2 nitrogen and oxygen atoms in total. The van der Waals surface area contributed by atoms with Crippen LogP contribution in [0, 0.1) is 0 Å². The Labute approximate surface area is 64.0 Å². The van der Waals surface area contributed by atoms with Crippen molar-refractivity contribution in [3.05, 3.63) is 11.3 Å². The highest BCUT2D eigenvalue weighted by molar-refractivity contribution is 6.02. The van der Waals surface area contributed by atoms with Gasteiger partial charge in [0.05, 0.1) is 17.0 Å². The number of hydrogen-bond acceptors (Lipinski definition) is 1. The van der Waals surface area contributed by atoms with Gasteiger partial charge in [0, 0.05) is 0 Å². The number of rotatable bonds is 2. The van der Waals surface area contributed by atoms with E-state index in [2.05, 4.69) is 10.5 Å². The quantitative estimate of drug-likeness (QED) is 0.588. The Morgan fingerprint density at radius 2 is 2.09 bits per heavy atom. The molecule has 0 unspecified atom stereocenters. The molecule has 0 aromatic heterocycles. The van der Waals surface area contributed by atoms with Crippen LogP contribution >= 0.6 is 0 Å². The van der Waals surface area contributed by atoms with Gasteiger partial charge in [-0.05, 0) is 13.3 Å². The second-order valence-corrected chi connectivity index (χ2v) is 2.30. The summed E-state index contributed by atoms with van der Waals surface area (Å²) in [6, 6.07) is 0. The molecule has 0 N–H and O–H groups in total. The van der Waals surface area contributed by atoms with E-state index in [0.717, 1.165) is 0 Å². The Morgan fingerprint density at radius 3 is 2.45 bits per heavy atom. The van der Waals surface area contributed by atoms with Gasteiger partial charge in [0.2, 0.25) is 0 Å². The van der Waals surface area contributed by atoms with Crippen LogP contribution in [0.5, 0.6) is 0 Å². The van der Waals surface area contributed by atoms with Crippen LogP contribution in [0.15, 0.2) is 16.4 Å². The summed E-state index contributed by atoms with van der Waals surface area (Å²) in [6.07, 6.45) is -1.93. The van der Waals surface area contributed by atoms with Gasteiger partial charge < -0.3 is 0 Å². The van der Waals surface area contributed by atoms with Crippen molar-refractivity contribution in [2.24, 2.45) is 5.10 Å². The van der Waals surface area contributed by atoms with Crippen LogP contribution in [0.1, 0.15) is 20.3 Å². The molecule has 0 saturated carbocycles. The average Bonchev–Trinajstić information content (AvgIpc) is 2.30. The van der Waals surface area contributed by atoms with E-state index in [0.29, 0.717) is 17.8 Å². The first-order valence-electron chi connectivity index (χ1n) is 3.43. The first-order chi connectivity index (χ1) is 5.16. The largest absolute Gasteiger partial charge is 0.267 e. The van der Waals surface area contributed by atoms with E-state index in [9.17, 15) is 8.78 Å². The van der Waals surface area contributed by atoms with E-state index in [1.165, 1.54) is 0 Å². The summed E-state index contributed by atoms with van der Waals surface area (Å²) in [5.74, 6) is 0. The van der Waals surface area contributed by atoms with Crippen LogP contribution in [0.25, 0.3) is 0 Å². The molecular weight excluding hydrogens is 150 g/mol. The second kappa shape index (κ2) is 2.98. The van der Waals surface area contributed by atoms with Crippen LogP contribution in [0.3, 0.4) is 0 Å². The molecule has 1 heterocycles. The predicted octanol–water partition coefficient (Wildman–Crippen LogP) is 1.91. The lowest BCUT2D eigenvalue weighted by Gasteiger charge is -2.01. The Kier molecular flexibility index (Phi) is 2.22. The Morgan fingerprint density at radius 1 is 1.45 bits per heavy atom. The van der Waals surface area contributed by atoms with E-state index in [1.54, 1.807) is 13.8 Å². The Balaban J connectivity index is 2.87. The fourth-order valence-electron chi connectivity index (χ4n) is 0.997. The molecule has 1 aliphatic heterocycles. The van der Waals surface area contributed by atoms with Crippen LogP contribution in [-0.2, 0) is 0 Å². The van der Waals surface area contributed by atoms with Crippen molar-refractivity contribution >= 4 is 5.71 Å². The van der Waals surface area contributed by atoms with Gasteiger partial charge in [-0.15, -0.1) is 0 Å². The molecule has 0 amide bonds. The fraction of sp³-hybridized carbons (Fsp3) is 0.571. The number of allylic oxidation sites excluding steroid dienone is 2. The van der Waals surface area contributed by atoms with E-state index >= 15 is 0 Å². The SMILES string of the molecule is CCC1=N[N]C(C)=C1C(F)F. The number of hydrogen-bond donors (Lipinski definition) is 0. The Hall–Kier alpha value is -0.930.